The van der Waals surface area contributed by atoms with Crippen LogP contribution in [-0.2, 0) is 18.9 Å². The number of unbranched alkanes of at least 4 members (excludes halogenated alkanes) is 26. The summed E-state index contributed by atoms with van der Waals surface area (Å²) in [5.41, 5.74) is 0. The Kier molecular flexibility index (Phi) is 32.0. The summed E-state index contributed by atoms with van der Waals surface area (Å²) in [5, 5.41) is 0. The third kappa shape index (κ3) is 31.3. The van der Waals surface area contributed by atoms with Crippen LogP contribution in [-0.4, -0.2) is 51.8 Å². The van der Waals surface area contributed by atoms with Gasteiger partial charge in [0.05, 0.1) is 26.4 Å². The Morgan fingerprint density at radius 3 is 1.02 bits per heavy atom. The van der Waals surface area contributed by atoms with E-state index in [1.165, 1.54) is 167 Å². The SMILES string of the molecule is CCCCCCCCCCCCCCCCOCC(COCCCCCCCCCCCCCCCC)OCC1CO1. The maximum atomic E-state index is 6.04. The van der Waals surface area contributed by atoms with Gasteiger partial charge in [0.15, 0.2) is 0 Å². The molecule has 0 N–H and O–H groups in total. The molecule has 1 fully saturated rings. The van der Waals surface area contributed by atoms with Crippen LogP contribution in [0.15, 0.2) is 0 Å². The molecule has 0 aromatic heterocycles. The standard InChI is InChI=1S/C38H76O4/c1-3-5-7-9-11-13-15-17-19-21-23-25-27-29-31-39-33-37(41-35-38-36-42-38)34-40-32-30-28-26-24-22-20-18-16-14-12-10-8-6-4-2/h37-38H,3-36H2,1-2H3. The second kappa shape index (κ2) is 33.7. The highest BCUT2D eigenvalue weighted by Crippen LogP contribution is 2.15. The van der Waals surface area contributed by atoms with Crippen LogP contribution in [0.5, 0.6) is 0 Å². The molecule has 4 heteroatoms. The minimum atomic E-state index is 0.0347. The van der Waals surface area contributed by atoms with Crippen molar-refractivity contribution in [3.8, 4) is 0 Å². The Morgan fingerprint density at radius 1 is 0.452 bits per heavy atom. The summed E-state index contributed by atoms with van der Waals surface area (Å²) in [6.07, 6.45) is 39.2. The molecule has 1 rings (SSSR count). The molecule has 0 saturated carbocycles. The normalized spacial score (nSPS) is 14.8. The third-order valence-electron chi connectivity index (χ3n) is 8.81. The van der Waals surface area contributed by atoms with Crippen molar-refractivity contribution in [3.05, 3.63) is 0 Å². The van der Waals surface area contributed by atoms with Gasteiger partial charge in [-0.1, -0.05) is 181 Å². The number of epoxide rings is 1. The monoisotopic (exact) mass is 597 g/mol. The van der Waals surface area contributed by atoms with Crippen LogP contribution in [0.4, 0.5) is 0 Å². The van der Waals surface area contributed by atoms with Crippen LogP contribution in [0.25, 0.3) is 0 Å². The van der Waals surface area contributed by atoms with E-state index in [1.807, 2.05) is 0 Å². The van der Waals surface area contributed by atoms with Crippen LogP contribution < -0.4 is 0 Å². The molecule has 0 aromatic rings. The van der Waals surface area contributed by atoms with Gasteiger partial charge >= 0.3 is 0 Å². The molecule has 1 aliphatic rings. The average Bonchev–Trinajstić information content (AvgIpc) is 3.83. The van der Waals surface area contributed by atoms with Gasteiger partial charge in [-0.3, -0.25) is 0 Å². The fourth-order valence-corrected chi connectivity index (χ4v) is 5.78. The highest BCUT2D eigenvalue weighted by atomic mass is 16.6. The summed E-state index contributed by atoms with van der Waals surface area (Å²) in [7, 11) is 0. The number of hydrogen-bond acceptors (Lipinski definition) is 4. The van der Waals surface area contributed by atoms with Crippen molar-refractivity contribution < 1.29 is 18.9 Å². The molecule has 1 atom stereocenters. The summed E-state index contributed by atoms with van der Waals surface area (Å²) >= 11 is 0. The zero-order valence-corrected chi connectivity index (χ0v) is 28.8. The first kappa shape index (κ1) is 39.9. The van der Waals surface area contributed by atoms with E-state index in [-0.39, 0.29) is 6.10 Å². The van der Waals surface area contributed by atoms with Gasteiger partial charge in [-0.05, 0) is 12.8 Å². The summed E-state index contributed by atoms with van der Waals surface area (Å²) in [6, 6.07) is 0. The van der Waals surface area contributed by atoms with E-state index in [9.17, 15) is 0 Å². The van der Waals surface area contributed by atoms with Gasteiger partial charge in [0, 0.05) is 13.2 Å². The quantitative estimate of drug-likeness (QED) is 0.0528. The van der Waals surface area contributed by atoms with E-state index in [4.69, 9.17) is 18.9 Å². The van der Waals surface area contributed by atoms with Gasteiger partial charge in [0.2, 0.25) is 0 Å². The number of hydrogen-bond donors (Lipinski definition) is 0. The molecular weight excluding hydrogens is 520 g/mol. The molecule has 4 nitrogen and oxygen atoms in total. The fraction of sp³-hybridized carbons (Fsp3) is 1.00. The van der Waals surface area contributed by atoms with Crippen molar-refractivity contribution in [2.75, 3.05) is 39.6 Å². The lowest BCUT2D eigenvalue weighted by Gasteiger charge is -2.18. The van der Waals surface area contributed by atoms with Crippen LogP contribution in [0.1, 0.15) is 194 Å². The lowest BCUT2D eigenvalue weighted by molar-refractivity contribution is -0.0639. The van der Waals surface area contributed by atoms with Crippen molar-refractivity contribution in [2.24, 2.45) is 0 Å². The Hall–Kier alpha value is -0.160. The summed E-state index contributed by atoms with van der Waals surface area (Å²) in [6.45, 7) is 9.08. The molecule has 0 amide bonds. The molecule has 42 heavy (non-hydrogen) atoms. The highest BCUT2D eigenvalue weighted by Gasteiger charge is 2.24. The third-order valence-corrected chi connectivity index (χ3v) is 8.81. The van der Waals surface area contributed by atoms with Crippen LogP contribution in [0, 0.1) is 0 Å². The summed E-state index contributed by atoms with van der Waals surface area (Å²) < 4.78 is 23.3. The molecule has 0 radical (unpaired) electrons. The minimum absolute atomic E-state index is 0.0347. The first-order valence-electron chi connectivity index (χ1n) is 19.3. The molecular formula is C38H76O4. The Balaban J connectivity index is 1.85. The smallest absolute Gasteiger partial charge is 0.104 e. The molecule has 0 aliphatic carbocycles. The molecule has 0 bridgehead atoms. The number of ether oxygens (including phenoxy) is 4. The van der Waals surface area contributed by atoms with Crippen LogP contribution in [0.2, 0.25) is 0 Å². The van der Waals surface area contributed by atoms with Gasteiger partial charge in [-0.2, -0.15) is 0 Å². The predicted molar refractivity (Wildman–Crippen MR) is 182 cm³/mol. The van der Waals surface area contributed by atoms with Crippen molar-refractivity contribution in [3.63, 3.8) is 0 Å². The second-order valence-corrected chi connectivity index (χ2v) is 13.3. The van der Waals surface area contributed by atoms with Crippen molar-refractivity contribution in [1.82, 2.24) is 0 Å². The average molecular weight is 597 g/mol. The molecule has 252 valence electrons. The predicted octanol–water partition coefficient (Wildman–Crippen LogP) is 11.8. The van der Waals surface area contributed by atoms with E-state index in [0.717, 1.165) is 32.7 Å². The lowest BCUT2D eigenvalue weighted by Crippen LogP contribution is -2.28. The topological polar surface area (TPSA) is 40.2 Å². The summed E-state index contributed by atoms with van der Waals surface area (Å²) in [4.78, 5) is 0. The van der Waals surface area contributed by atoms with Gasteiger partial charge in [-0.15, -0.1) is 0 Å². The van der Waals surface area contributed by atoms with Crippen LogP contribution in [0.3, 0.4) is 0 Å². The van der Waals surface area contributed by atoms with E-state index in [2.05, 4.69) is 13.8 Å². The minimum Gasteiger partial charge on any atom is -0.379 e. The molecule has 1 unspecified atom stereocenters. The molecule has 1 saturated heterocycles. The Labute approximate surface area is 264 Å². The largest absolute Gasteiger partial charge is 0.379 e. The van der Waals surface area contributed by atoms with Crippen molar-refractivity contribution in [1.29, 1.82) is 0 Å². The maximum absolute atomic E-state index is 6.04. The first-order chi connectivity index (χ1) is 20.9. The lowest BCUT2D eigenvalue weighted by atomic mass is 10.0. The summed E-state index contributed by atoms with van der Waals surface area (Å²) in [5.74, 6) is 0. The van der Waals surface area contributed by atoms with E-state index in [1.54, 1.807) is 0 Å². The van der Waals surface area contributed by atoms with Gasteiger partial charge in [0.1, 0.15) is 12.2 Å². The molecule has 0 aromatic carbocycles. The van der Waals surface area contributed by atoms with Gasteiger partial charge in [-0.25, -0.2) is 0 Å². The molecule has 1 aliphatic heterocycles. The molecule has 1 heterocycles. The van der Waals surface area contributed by atoms with E-state index < -0.39 is 0 Å². The van der Waals surface area contributed by atoms with Gasteiger partial charge < -0.3 is 18.9 Å². The van der Waals surface area contributed by atoms with Gasteiger partial charge in [0.25, 0.3) is 0 Å². The highest BCUT2D eigenvalue weighted by molar-refractivity contribution is 4.69. The van der Waals surface area contributed by atoms with Crippen molar-refractivity contribution >= 4 is 0 Å². The first-order valence-corrected chi connectivity index (χ1v) is 19.3. The molecule has 0 spiro atoms. The fourth-order valence-electron chi connectivity index (χ4n) is 5.78. The zero-order chi connectivity index (χ0) is 30.0. The number of rotatable bonds is 37. The Bertz CT molecular complexity index is 459. The second-order valence-electron chi connectivity index (χ2n) is 13.3. The maximum Gasteiger partial charge on any atom is 0.104 e. The van der Waals surface area contributed by atoms with E-state index in [0.29, 0.717) is 25.9 Å². The van der Waals surface area contributed by atoms with E-state index >= 15 is 0 Å². The zero-order valence-electron chi connectivity index (χ0n) is 28.8. The van der Waals surface area contributed by atoms with Crippen molar-refractivity contribution in [2.45, 2.75) is 206 Å². The van der Waals surface area contributed by atoms with Crippen LogP contribution >= 0.6 is 0 Å². The Morgan fingerprint density at radius 2 is 0.738 bits per heavy atom.